The van der Waals surface area contributed by atoms with E-state index in [1.54, 1.807) is 0 Å². The minimum Gasteiger partial charge on any atom is -0.200 e. The topological polar surface area (TPSA) is 0 Å². The fourth-order valence-corrected chi connectivity index (χ4v) is 1.48. The van der Waals surface area contributed by atoms with Crippen LogP contribution in [0.5, 0.6) is 0 Å². The van der Waals surface area contributed by atoms with E-state index in [0.29, 0.717) is 0 Å². The molecule has 21 heavy (non-hydrogen) atoms. The Balaban J connectivity index is 5.89. The lowest BCUT2D eigenvalue weighted by Crippen LogP contribution is -2.67. The molecule has 0 bridgehead atoms. The molecule has 10 heteroatoms. The van der Waals surface area contributed by atoms with Crippen LogP contribution in [0.25, 0.3) is 0 Å². The van der Waals surface area contributed by atoms with Crippen molar-refractivity contribution in [2.75, 3.05) is 0 Å². The van der Waals surface area contributed by atoms with E-state index in [1.165, 1.54) is 0 Å². The quantitative estimate of drug-likeness (QED) is 0.572. The molecule has 0 amide bonds. The molecule has 0 aliphatic carbocycles. The Morgan fingerprint density at radius 3 is 1.10 bits per heavy atom. The van der Waals surface area contributed by atoms with Crippen molar-refractivity contribution in [2.24, 2.45) is 5.41 Å². The van der Waals surface area contributed by atoms with Gasteiger partial charge in [0.1, 0.15) is 0 Å². The minimum absolute atomic E-state index is 0.751. The molecule has 0 saturated heterocycles. The Bertz CT molecular complexity index is 371. The molecule has 0 aliphatic heterocycles. The van der Waals surface area contributed by atoms with E-state index in [-0.39, 0.29) is 0 Å². The molecule has 0 radical (unpaired) electrons. The first-order valence-corrected chi connectivity index (χ1v) is 5.60. The van der Waals surface area contributed by atoms with E-state index < -0.39 is 48.4 Å². The Labute approximate surface area is 114 Å². The fraction of sp³-hybridized carbons (Fsp3) is 1.00. The molecule has 0 nitrogen and oxygen atoms in total. The van der Waals surface area contributed by atoms with Crippen molar-refractivity contribution in [3.63, 3.8) is 0 Å². The zero-order chi connectivity index (χ0) is 17.7. The zero-order valence-corrected chi connectivity index (χ0v) is 11.5. The van der Waals surface area contributed by atoms with Crippen LogP contribution in [0.4, 0.5) is 43.9 Å². The van der Waals surface area contributed by atoms with Gasteiger partial charge in [0.25, 0.3) is 0 Å². The first-order chi connectivity index (χ1) is 8.71. The summed E-state index contributed by atoms with van der Waals surface area (Å²) in [6, 6.07) is 0. The second kappa shape index (κ2) is 4.91. The second-order valence-corrected chi connectivity index (χ2v) is 6.05. The smallest absolute Gasteiger partial charge is 0.200 e. The van der Waals surface area contributed by atoms with Gasteiger partial charge in [-0.2, -0.15) is 43.9 Å². The SMILES string of the molecule is CC(C)(C)CC(F)(F)C(F)(F)C(F)(F)C(F)(F)C(C)(F)F. The summed E-state index contributed by atoms with van der Waals surface area (Å²) < 4.78 is 130. The molecular weight excluding hydrogens is 322 g/mol. The van der Waals surface area contributed by atoms with Crippen LogP contribution in [0.15, 0.2) is 0 Å². The molecule has 128 valence electrons. The van der Waals surface area contributed by atoms with Gasteiger partial charge in [-0.15, -0.1) is 0 Å². The lowest BCUT2D eigenvalue weighted by molar-refractivity contribution is -0.401. The summed E-state index contributed by atoms with van der Waals surface area (Å²) in [6.07, 6.45) is -1.89. The van der Waals surface area contributed by atoms with Crippen molar-refractivity contribution in [1.82, 2.24) is 0 Å². The van der Waals surface area contributed by atoms with Gasteiger partial charge in [-0.1, -0.05) is 20.8 Å². The molecule has 0 heterocycles. The van der Waals surface area contributed by atoms with Gasteiger partial charge in [-0.05, 0) is 5.41 Å². The monoisotopic (exact) mass is 336 g/mol. The van der Waals surface area contributed by atoms with Crippen molar-refractivity contribution in [1.29, 1.82) is 0 Å². The lowest BCUT2D eigenvalue weighted by atomic mass is 9.83. The van der Waals surface area contributed by atoms with E-state index in [4.69, 9.17) is 0 Å². The first kappa shape index (κ1) is 20.3. The number of rotatable bonds is 5. The molecule has 0 unspecified atom stereocenters. The third-order valence-corrected chi connectivity index (χ3v) is 2.55. The van der Waals surface area contributed by atoms with Crippen LogP contribution >= 0.6 is 0 Å². The maximum Gasteiger partial charge on any atom is 0.384 e. The average molecular weight is 336 g/mol. The Kier molecular flexibility index (Phi) is 4.74. The lowest BCUT2D eigenvalue weighted by Gasteiger charge is -2.40. The van der Waals surface area contributed by atoms with Crippen LogP contribution in [0, 0.1) is 5.41 Å². The van der Waals surface area contributed by atoms with E-state index in [9.17, 15) is 43.9 Å². The largest absolute Gasteiger partial charge is 0.384 e. The molecule has 0 aliphatic rings. The van der Waals surface area contributed by atoms with Gasteiger partial charge in [-0.3, -0.25) is 0 Å². The van der Waals surface area contributed by atoms with Crippen LogP contribution in [0.1, 0.15) is 34.1 Å². The van der Waals surface area contributed by atoms with Crippen LogP contribution < -0.4 is 0 Å². The van der Waals surface area contributed by atoms with Crippen LogP contribution in [0.3, 0.4) is 0 Å². The van der Waals surface area contributed by atoms with Gasteiger partial charge in [-0.25, -0.2) is 0 Å². The summed E-state index contributed by atoms with van der Waals surface area (Å²) in [5.74, 6) is -31.5. The predicted molar refractivity (Wildman–Crippen MR) is 54.5 cm³/mol. The van der Waals surface area contributed by atoms with Crippen LogP contribution in [0.2, 0.25) is 0 Å². The highest BCUT2D eigenvalue weighted by Crippen LogP contribution is 2.58. The van der Waals surface area contributed by atoms with Crippen molar-refractivity contribution in [2.45, 2.75) is 63.7 Å². The van der Waals surface area contributed by atoms with Gasteiger partial charge >= 0.3 is 29.6 Å². The molecule has 0 N–H and O–H groups in total. The Hall–Kier alpha value is -0.700. The summed E-state index contributed by atoms with van der Waals surface area (Å²) in [5.41, 5.74) is -1.63. The van der Waals surface area contributed by atoms with E-state index >= 15 is 0 Å². The molecule has 0 aromatic rings. The van der Waals surface area contributed by atoms with Crippen molar-refractivity contribution in [3.05, 3.63) is 0 Å². The standard InChI is InChI=1S/C11H14F10/c1-6(2,3)5-8(14,15)10(18,19)11(20,21)9(16,17)7(4,12)13/h5H2,1-4H3. The van der Waals surface area contributed by atoms with Gasteiger partial charge in [0.2, 0.25) is 0 Å². The third kappa shape index (κ3) is 3.39. The van der Waals surface area contributed by atoms with Crippen LogP contribution in [-0.2, 0) is 0 Å². The summed E-state index contributed by atoms with van der Waals surface area (Å²) in [7, 11) is 0. The molecule has 0 rings (SSSR count). The molecule has 0 fully saturated rings. The van der Waals surface area contributed by atoms with Crippen LogP contribution in [-0.4, -0.2) is 29.6 Å². The normalized spacial score (nSPS) is 16.3. The maximum atomic E-state index is 13.3. The maximum absolute atomic E-state index is 13.3. The fourth-order valence-electron chi connectivity index (χ4n) is 1.48. The van der Waals surface area contributed by atoms with E-state index in [1.807, 2.05) is 0 Å². The average Bonchev–Trinajstić information content (AvgIpc) is 2.10. The first-order valence-electron chi connectivity index (χ1n) is 5.60. The summed E-state index contributed by atoms with van der Waals surface area (Å²) in [5, 5.41) is 0. The summed E-state index contributed by atoms with van der Waals surface area (Å²) >= 11 is 0. The van der Waals surface area contributed by atoms with E-state index in [0.717, 1.165) is 20.8 Å². The molecule has 0 aromatic carbocycles. The van der Waals surface area contributed by atoms with Gasteiger partial charge in [0, 0.05) is 13.3 Å². The number of alkyl halides is 10. The van der Waals surface area contributed by atoms with Crippen molar-refractivity contribution >= 4 is 0 Å². The minimum atomic E-state index is -6.94. The zero-order valence-electron chi connectivity index (χ0n) is 11.5. The second-order valence-electron chi connectivity index (χ2n) is 6.05. The number of hydrogen-bond acceptors (Lipinski definition) is 0. The van der Waals surface area contributed by atoms with Crippen molar-refractivity contribution in [3.8, 4) is 0 Å². The summed E-state index contributed by atoms with van der Waals surface area (Å²) in [6.45, 7) is 2.17. The Morgan fingerprint density at radius 2 is 0.857 bits per heavy atom. The van der Waals surface area contributed by atoms with Crippen molar-refractivity contribution < 1.29 is 43.9 Å². The van der Waals surface area contributed by atoms with E-state index in [2.05, 4.69) is 0 Å². The molecule has 0 aromatic heterocycles. The molecule has 0 atom stereocenters. The Morgan fingerprint density at radius 1 is 0.524 bits per heavy atom. The molecule has 0 saturated carbocycles. The third-order valence-electron chi connectivity index (χ3n) is 2.55. The number of halogens is 10. The predicted octanol–water partition coefficient (Wildman–Crippen LogP) is 5.62. The molecular formula is C11H14F10. The van der Waals surface area contributed by atoms with Gasteiger partial charge < -0.3 is 0 Å². The highest BCUT2D eigenvalue weighted by molar-refractivity contribution is 5.07. The highest BCUT2D eigenvalue weighted by Gasteiger charge is 2.85. The summed E-state index contributed by atoms with van der Waals surface area (Å²) in [4.78, 5) is 0. The van der Waals surface area contributed by atoms with Gasteiger partial charge in [0.05, 0.1) is 0 Å². The highest BCUT2D eigenvalue weighted by atomic mass is 19.4. The number of hydrogen-bond donors (Lipinski definition) is 0. The van der Waals surface area contributed by atoms with Gasteiger partial charge in [0.15, 0.2) is 0 Å². The molecule has 0 spiro atoms.